The highest BCUT2D eigenvalue weighted by molar-refractivity contribution is 5.64. The van der Waals surface area contributed by atoms with E-state index in [0.717, 1.165) is 41.5 Å². The molecule has 3 aromatic rings. The molecule has 0 unspecified atom stereocenters. The predicted octanol–water partition coefficient (Wildman–Crippen LogP) is 4.61. The van der Waals surface area contributed by atoms with Crippen LogP contribution >= 0.6 is 0 Å². The molecule has 5 nitrogen and oxygen atoms in total. The minimum Gasteiger partial charge on any atom is -0.497 e. The molecule has 0 saturated carbocycles. The second-order valence-electron chi connectivity index (χ2n) is 6.17. The summed E-state index contributed by atoms with van der Waals surface area (Å²) in [6.07, 6.45) is 0. The number of benzene rings is 2. The zero-order chi connectivity index (χ0) is 19.1. The Morgan fingerprint density at radius 1 is 0.926 bits per heavy atom. The lowest BCUT2D eigenvalue weighted by molar-refractivity contribution is 0.414. The van der Waals surface area contributed by atoms with Crippen LogP contribution in [-0.4, -0.2) is 30.2 Å². The summed E-state index contributed by atoms with van der Waals surface area (Å²) in [5, 5.41) is 3.36. The molecular weight excluding hydrogens is 336 g/mol. The average Bonchev–Trinajstić information content (AvgIpc) is 2.74. The maximum atomic E-state index is 5.21. The summed E-state index contributed by atoms with van der Waals surface area (Å²) in [7, 11) is 1.67. The topological polar surface area (TPSA) is 50.3 Å². The van der Waals surface area contributed by atoms with Crippen molar-refractivity contribution in [2.75, 3.05) is 30.4 Å². The van der Waals surface area contributed by atoms with E-state index < -0.39 is 0 Å². The molecular formula is C22H26N4O. The minimum atomic E-state index is 0.633. The average molecular weight is 362 g/mol. The Kier molecular flexibility index (Phi) is 6.26. The fraction of sp³-hybridized carbons (Fsp3) is 0.273. The largest absolute Gasteiger partial charge is 0.497 e. The smallest absolute Gasteiger partial charge is 0.225 e. The molecule has 1 N–H and O–H groups in total. The van der Waals surface area contributed by atoms with Crippen molar-refractivity contribution in [1.82, 2.24) is 9.97 Å². The maximum Gasteiger partial charge on any atom is 0.225 e. The Morgan fingerprint density at radius 3 is 2.26 bits per heavy atom. The van der Waals surface area contributed by atoms with Crippen LogP contribution in [0.1, 0.15) is 19.4 Å². The van der Waals surface area contributed by atoms with Crippen molar-refractivity contribution in [3.8, 4) is 17.0 Å². The number of nitrogens with zero attached hydrogens (tertiary/aromatic N) is 3. The second kappa shape index (κ2) is 9.03. The maximum absolute atomic E-state index is 5.21. The Bertz CT molecular complexity index is 846. The van der Waals surface area contributed by atoms with E-state index in [1.54, 1.807) is 7.11 Å². The zero-order valence-electron chi connectivity index (χ0n) is 16.1. The van der Waals surface area contributed by atoms with Crippen molar-refractivity contribution >= 4 is 11.8 Å². The minimum absolute atomic E-state index is 0.633. The number of hydrogen-bond acceptors (Lipinski definition) is 5. The third-order valence-corrected chi connectivity index (χ3v) is 4.48. The molecule has 0 bridgehead atoms. The summed E-state index contributed by atoms with van der Waals surface area (Å²) < 4.78 is 5.21. The van der Waals surface area contributed by atoms with Gasteiger partial charge in [0.2, 0.25) is 5.95 Å². The van der Waals surface area contributed by atoms with Crippen LogP contribution in [0.15, 0.2) is 60.7 Å². The van der Waals surface area contributed by atoms with Gasteiger partial charge in [0.1, 0.15) is 11.6 Å². The first-order chi connectivity index (χ1) is 13.2. The molecule has 0 aliphatic heterocycles. The van der Waals surface area contributed by atoms with Gasteiger partial charge in [0.25, 0.3) is 0 Å². The SMILES string of the molecule is CCN(CC)c1cc(-c2ccccc2)nc(NCc2ccc(OC)cc2)n1. The molecule has 0 saturated heterocycles. The third kappa shape index (κ3) is 4.76. The van der Waals surface area contributed by atoms with Crippen LogP contribution in [0.2, 0.25) is 0 Å². The molecule has 140 valence electrons. The first-order valence-corrected chi connectivity index (χ1v) is 9.29. The molecule has 27 heavy (non-hydrogen) atoms. The predicted molar refractivity (Wildman–Crippen MR) is 111 cm³/mol. The van der Waals surface area contributed by atoms with Gasteiger partial charge in [-0.3, -0.25) is 0 Å². The summed E-state index contributed by atoms with van der Waals surface area (Å²) >= 11 is 0. The van der Waals surface area contributed by atoms with E-state index >= 15 is 0 Å². The molecule has 0 amide bonds. The van der Waals surface area contributed by atoms with E-state index in [4.69, 9.17) is 14.7 Å². The van der Waals surface area contributed by atoms with E-state index in [1.165, 1.54) is 0 Å². The van der Waals surface area contributed by atoms with Gasteiger partial charge in [-0.15, -0.1) is 0 Å². The van der Waals surface area contributed by atoms with Crippen molar-refractivity contribution in [2.45, 2.75) is 20.4 Å². The fourth-order valence-electron chi connectivity index (χ4n) is 2.90. The van der Waals surface area contributed by atoms with Crippen LogP contribution in [0.3, 0.4) is 0 Å². The highest BCUT2D eigenvalue weighted by Gasteiger charge is 2.10. The molecule has 0 fully saturated rings. The number of nitrogens with one attached hydrogen (secondary N) is 1. The zero-order valence-corrected chi connectivity index (χ0v) is 16.1. The second-order valence-corrected chi connectivity index (χ2v) is 6.17. The van der Waals surface area contributed by atoms with E-state index in [1.807, 2.05) is 42.5 Å². The fourth-order valence-corrected chi connectivity index (χ4v) is 2.90. The van der Waals surface area contributed by atoms with Crippen molar-refractivity contribution in [1.29, 1.82) is 0 Å². The molecule has 5 heteroatoms. The summed E-state index contributed by atoms with van der Waals surface area (Å²) in [6.45, 7) is 6.73. The van der Waals surface area contributed by atoms with Gasteiger partial charge in [-0.25, -0.2) is 4.98 Å². The first kappa shape index (κ1) is 18.7. The van der Waals surface area contributed by atoms with Crippen molar-refractivity contribution in [2.24, 2.45) is 0 Å². The number of anilines is 2. The summed E-state index contributed by atoms with van der Waals surface area (Å²) in [5.41, 5.74) is 3.15. The number of rotatable bonds is 8. The lowest BCUT2D eigenvalue weighted by atomic mass is 10.1. The van der Waals surface area contributed by atoms with E-state index in [9.17, 15) is 0 Å². The number of hydrogen-bond donors (Lipinski definition) is 1. The van der Waals surface area contributed by atoms with Gasteiger partial charge in [0, 0.05) is 31.3 Å². The number of ether oxygens (including phenoxy) is 1. The van der Waals surface area contributed by atoms with Gasteiger partial charge in [0.05, 0.1) is 12.8 Å². The van der Waals surface area contributed by atoms with E-state index in [-0.39, 0.29) is 0 Å². The van der Waals surface area contributed by atoms with Crippen molar-refractivity contribution in [3.05, 3.63) is 66.2 Å². The first-order valence-electron chi connectivity index (χ1n) is 9.29. The van der Waals surface area contributed by atoms with Crippen molar-refractivity contribution < 1.29 is 4.74 Å². The normalized spacial score (nSPS) is 10.5. The summed E-state index contributed by atoms with van der Waals surface area (Å²) in [6, 6.07) is 20.3. The molecule has 0 spiro atoms. The molecule has 0 atom stereocenters. The van der Waals surface area contributed by atoms with Gasteiger partial charge < -0.3 is 15.0 Å². The Balaban J connectivity index is 1.87. The van der Waals surface area contributed by atoms with Crippen LogP contribution in [0.4, 0.5) is 11.8 Å². The van der Waals surface area contributed by atoms with Gasteiger partial charge in [-0.2, -0.15) is 4.98 Å². The molecule has 3 rings (SSSR count). The monoisotopic (exact) mass is 362 g/mol. The third-order valence-electron chi connectivity index (χ3n) is 4.48. The van der Waals surface area contributed by atoms with Gasteiger partial charge in [-0.05, 0) is 31.5 Å². The standard InChI is InChI=1S/C22H26N4O/c1-4-26(5-2)21-15-20(18-9-7-6-8-10-18)24-22(25-21)23-16-17-11-13-19(27-3)14-12-17/h6-15H,4-5,16H2,1-3H3,(H,23,24,25). The highest BCUT2D eigenvalue weighted by Crippen LogP contribution is 2.23. The van der Waals surface area contributed by atoms with Gasteiger partial charge >= 0.3 is 0 Å². The van der Waals surface area contributed by atoms with Crippen LogP contribution < -0.4 is 15.0 Å². The molecule has 1 aromatic heterocycles. The quantitative estimate of drug-likeness (QED) is 0.634. The van der Waals surface area contributed by atoms with Crippen molar-refractivity contribution in [3.63, 3.8) is 0 Å². The van der Waals surface area contributed by atoms with Gasteiger partial charge in [0.15, 0.2) is 0 Å². The van der Waals surface area contributed by atoms with Gasteiger partial charge in [-0.1, -0.05) is 42.5 Å². The molecule has 0 aliphatic carbocycles. The molecule has 1 heterocycles. The number of methoxy groups -OCH3 is 1. The lowest BCUT2D eigenvalue weighted by Crippen LogP contribution is -2.23. The molecule has 0 aliphatic rings. The Morgan fingerprint density at radius 2 is 1.63 bits per heavy atom. The lowest BCUT2D eigenvalue weighted by Gasteiger charge is -2.21. The highest BCUT2D eigenvalue weighted by atomic mass is 16.5. The van der Waals surface area contributed by atoms with E-state index in [0.29, 0.717) is 12.5 Å². The Hall–Kier alpha value is -3.08. The van der Waals surface area contributed by atoms with E-state index in [2.05, 4.69) is 42.3 Å². The van der Waals surface area contributed by atoms with Crippen LogP contribution in [0.5, 0.6) is 5.75 Å². The van der Waals surface area contributed by atoms with Crippen LogP contribution in [0.25, 0.3) is 11.3 Å². The van der Waals surface area contributed by atoms with Crippen LogP contribution in [-0.2, 0) is 6.54 Å². The molecule has 2 aromatic carbocycles. The summed E-state index contributed by atoms with van der Waals surface area (Å²) in [4.78, 5) is 11.7. The molecule has 0 radical (unpaired) electrons. The summed E-state index contributed by atoms with van der Waals surface area (Å²) in [5.74, 6) is 2.42. The number of aromatic nitrogens is 2. The Labute approximate surface area is 161 Å². The van der Waals surface area contributed by atoms with Crippen LogP contribution in [0, 0.1) is 0 Å².